The highest BCUT2D eigenvalue weighted by Gasteiger charge is 2.36. The molecule has 1 fully saturated rings. The maximum absolute atomic E-state index is 12.8. The van der Waals surface area contributed by atoms with Crippen LogP contribution in [0.5, 0.6) is 0 Å². The van der Waals surface area contributed by atoms with E-state index >= 15 is 0 Å². The van der Waals surface area contributed by atoms with E-state index in [0.29, 0.717) is 11.1 Å². The lowest BCUT2D eigenvalue weighted by atomic mass is 9.82. The molecule has 2 aromatic rings. The van der Waals surface area contributed by atoms with Crippen molar-refractivity contribution in [3.63, 3.8) is 0 Å². The molecule has 8 nitrogen and oxygen atoms in total. The van der Waals surface area contributed by atoms with Gasteiger partial charge in [-0.3, -0.25) is 0 Å². The van der Waals surface area contributed by atoms with Crippen LogP contribution in [0.1, 0.15) is 75.2 Å². The number of piperidine rings is 1. The van der Waals surface area contributed by atoms with Crippen LogP contribution in [-0.4, -0.2) is 52.5 Å². The molecule has 1 aliphatic rings. The van der Waals surface area contributed by atoms with Gasteiger partial charge < -0.3 is 19.5 Å². The van der Waals surface area contributed by atoms with E-state index in [1.807, 2.05) is 27.7 Å². The number of carboxylic acid groups (broad SMARTS) is 1. The summed E-state index contributed by atoms with van der Waals surface area (Å²) in [6, 6.07) is 1.56. The standard InChI is InChI=1S/C23H33N3O5/c1-14-13-26-16(12-15(24-26)20(27)28)18(25-10-8-23(5,6)9-11-25)17(14)19(21(29)30-7)31-22(2,3)4/h12-13,19H,8-11H2,1-7H3,(H,27,28)/t19-/m0/s1. The van der Waals surface area contributed by atoms with E-state index in [2.05, 4.69) is 23.8 Å². The Kier molecular flexibility index (Phi) is 6.06. The molecule has 0 radical (unpaired) electrons. The number of nitrogens with zero attached hydrogens (tertiary/aromatic N) is 3. The average Bonchev–Trinajstić information content (AvgIpc) is 3.08. The first-order valence-electron chi connectivity index (χ1n) is 10.6. The Hall–Kier alpha value is -2.61. The van der Waals surface area contributed by atoms with E-state index in [-0.39, 0.29) is 11.1 Å². The number of carboxylic acids is 1. The second-order valence-corrected chi connectivity index (χ2v) is 10.0. The Labute approximate surface area is 183 Å². The third-order valence-electron chi connectivity index (χ3n) is 5.78. The number of rotatable bonds is 5. The van der Waals surface area contributed by atoms with Crippen LogP contribution in [0.3, 0.4) is 0 Å². The van der Waals surface area contributed by atoms with Crippen molar-refractivity contribution in [3.8, 4) is 0 Å². The smallest absolute Gasteiger partial charge is 0.356 e. The van der Waals surface area contributed by atoms with Crippen molar-refractivity contribution in [2.75, 3.05) is 25.1 Å². The molecule has 8 heteroatoms. The van der Waals surface area contributed by atoms with Crippen molar-refractivity contribution in [1.82, 2.24) is 9.61 Å². The fourth-order valence-electron chi connectivity index (χ4n) is 4.04. The monoisotopic (exact) mass is 431 g/mol. The largest absolute Gasteiger partial charge is 0.476 e. The van der Waals surface area contributed by atoms with Gasteiger partial charge in [0.05, 0.1) is 23.9 Å². The Morgan fingerprint density at radius 2 is 1.84 bits per heavy atom. The normalized spacial score (nSPS) is 17.6. The fraction of sp³-hybridized carbons (Fsp3) is 0.609. The zero-order chi connectivity index (χ0) is 23.1. The number of hydrogen-bond donors (Lipinski definition) is 1. The number of aromatic nitrogens is 2. The van der Waals surface area contributed by atoms with Crippen molar-refractivity contribution in [1.29, 1.82) is 0 Å². The van der Waals surface area contributed by atoms with Gasteiger partial charge in [0.15, 0.2) is 11.8 Å². The first-order valence-corrected chi connectivity index (χ1v) is 10.6. The van der Waals surface area contributed by atoms with Gasteiger partial charge in [-0.15, -0.1) is 0 Å². The number of aromatic carboxylic acids is 1. The molecule has 170 valence electrons. The van der Waals surface area contributed by atoms with Gasteiger partial charge >= 0.3 is 11.9 Å². The van der Waals surface area contributed by atoms with Crippen molar-refractivity contribution in [2.45, 2.75) is 66.1 Å². The Morgan fingerprint density at radius 1 is 1.23 bits per heavy atom. The number of methoxy groups -OCH3 is 1. The van der Waals surface area contributed by atoms with Gasteiger partial charge in [0, 0.05) is 30.9 Å². The SMILES string of the molecule is COC(=O)[C@@H](OC(C)(C)C)c1c(C)cn2nc(C(=O)O)cc2c1N1CCC(C)(C)CC1. The van der Waals surface area contributed by atoms with E-state index in [4.69, 9.17) is 9.47 Å². The van der Waals surface area contributed by atoms with Crippen molar-refractivity contribution in [3.05, 3.63) is 29.1 Å². The van der Waals surface area contributed by atoms with Crippen LogP contribution in [-0.2, 0) is 14.3 Å². The minimum atomic E-state index is -1.09. The van der Waals surface area contributed by atoms with E-state index in [1.165, 1.54) is 7.11 Å². The molecule has 0 spiro atoms. The van der Waals surface area contributed by atoms with Crippen LogP contribution >= 0.6 is 0 Å². The second-order valence-electron chi connectivity index (χ2n) is 10.0. The lowest BCUT2D eigenvalue weighted by Crippen LogP contribution is -2.39. The summed E-state index contributed by atoms with van der Waals surface area (Å²) >= 11 is 0. The Morgan fingerprint density at radius 3 is 2.35 bits per heavy atom. The van der Waals surface area contributed by atoms with Crippen molar-refractivity contribution < 1.29 is 24.2 Å². The molecule has 1 N–H and O–H groups in total. The van der Waals surface area contributed by atoms with Crippen LogP contribution in [0.4, 0.5) is 5.69 Å². The highest BCUT2D eigenvalue weighted by atomic mass is 16.6. The number of fused-ring (bicyclic) bond motifs is 1. The molecule has 0 aliphatic carbocycles. The summed E-state index contributed by atoms with van der Waals surface area (Å²) in [7, 11) is 1.35. The molecule has 0 aromatic carbocycles. The molecule has 3 heterocycles. The predicted molar refractivity (Wildman–Crippen MR) is 118 cm³/mol. The Bertz CT molecular complexity index is 993. The van der Waals surface area contributed by atoms with E-state index in [9.17, 15) is 14.7 Å². The first kappa shape index (κ1) is 23.1. The molecule has 1 atom stereocenters. The number of esters is 1. The van der Waals surface area contributed by atoms with E-state index in [0.717, 1.165) is 37.2 Å². The van der Waals surface area contributed by atoms with Crippen LogP contribution in [0.2, 0.25) is 0 Å². The molecule has 0 saturated carbocycles. The van der Waals surface area contributed by atoms with Gasteiger partial charge in [-0.1, -0.05) is 13.8 Å². The topological polar surface area (TPSA) is 93.4 Å². The van der Waals surface area contributed by atoms with Gasteiger partial charge in [0.2, 0.25) is 0 Å². The number of aryl methyl sites for hydroxylation is 1. The molecule has 1 aliphatic heterocycles. The molecule has 2 aromatic heterocycles. The second kappa shape index (κ2) is 8.15. The van der Waals surface area contributed by atoms with E-state index in [1.54, 1.807) is 16.8 Å². The lowest BCUT2D eigenvalue weighted by Gasteiger charge is -2.40. The summed E-state index contributed by atoms with van der Waals surface area (Å²) in [5.41, 5.74) is 2.51. The predicted octanol–water partition coefficient (Wildman–Crippen LogP) is 4.00. The zero-order valence-electron chi connectivity index (χ0n) is 19.5. The summed E-state index contributed by atoms with van der Waals surface area (Å²) in [5.74, 6) is -1.58. The third-order valence-corrected chi connectivity index (χ3v) is 5.78. The van der Waals surface area contributed by atoms with Crippen LogP contribution in [0, 0.1) is 12.3 Å². The maximum Gasteiger partial charge on any atom is 0.356 e. The lowest BCUT2D eigenvalue weighted by molar-refractivity contribution is -0.164. The van der Waals surface area contributed by atoms with Crippen LogP contribution in [0.15, 0.2) is 12.3 Å². The minimum Gasteiger partial charge on any atom is -0.476 e. The molecule has 3 rings (SSSR count). The summed E-state index contributed by atoms with van der Waals surface area (Å²) in [4.78, 5) is 26.7. The van der Waals surface area contributed by atoms with Gasteiger partial charge in [-0.2, -0.15) is 5.10 Å². The van der Waals surface area contributed by atoms with Gasteiger partial charge in [0.1, 0.15) is 0 Å². The summed E-state index contributed by atoms with van der Waals surface area (Å²) in [6.45, 7) is 13.6. The minimum absolute atomic E-state index is 0.0403. The molecule has 0 bridgehead atoms. The number of anilines is 1. The summed E-state index contributed by atoms with van der Waals surface area (Å²) < 4.78 is 12.9. The highest BCUT2D eigenvalue weighted by molar-refractivity contribution is 5.91. The molecular formula is C23H33N3O5. The number of pyridine rings is 1. The van der Waals surface area contributed by atoms with E-state index < -0.39 is 23.6 Å². The maximum atomic E-state index is 12.8. The summed E-state index contributed by atoms with van der Waals surface area (Å²) in [5, 5.41) is 13.7. The number of hydrogen-bond acceptors (Lipinski definition) is 6. The number of carbonyl (C=O) groups excluding carboxylic acids is 1. The van der Waals surface area contributed by atoms with Crippen LogP contribution in [0.25, 0.3) is 5.52 Å². The molecule has 1 saturated heterocycles. The molecule has 0 amide bonds. The fourth-order valence-corrected chi connectivity index (χ4v) is 4.04. The number of ether oxygens (including phenoxy) is 2. The Balaban J connectivity index is 2.26. The first-order chi connectivity index (χ1) is 14.3. The molecule has 0 unspecified atom stereocenters. The van der Waals surface area contributed by atoms with Gasteiger partial charge in [-0.05, 0) is 51.5 Å². The third kappa shape index (κ3) is 4.84. The summed E-state index contributed by atoms with van der Waals surface area (Å²) in [6.07, 6.45) is 2.77. The quantitative estimate of drug-likeness (QED) is 0.715. The van der Waals surface area contributed by atoms with Crippen molar-refractivity contribution in [2.24, 2.45) is 5.41 Å². The van der Waals surface area contributed by atoms with Crippen molar-refractivity contribution >= 4 is 23.1 Å². The average molecular weight is 432 g/mol. The van der Waals surface area contributed by atoms with Crippen LogP contribution < -0.4 is 4.90 Å². The van der Waals surface area contributed by atoms with Gasteiger partial charge in [0.25, 0.3) is 0 Å². The zero-order valence-corrected chi connectivity index (χ0v) is 19.5. The highest BCUT2D eigenvalue weighted by Crippen LogP contribution is 2.41. The van der Waals surface area contributed by atoms with Gasteiger partial charge in [-0.25, -0.2) is 14.1 Å². The number of carbonyl (C=O) groups is 2. The molecule has 31 heavy (non-hydrogen) atoms. The molecular weight excluding hydrogens is 398 g/mol.